The van der Waals surface area contributed by atoms with Crippen molar-refractivity contribution >= 4 is 17.1 Å². The molecule has 0 radical (unpaired) electrons. The van der Waals surface area contributed by atoms with E-state index in [1.165, 1.54) is 16.9 Å². The van der Waals surface area contributed by atoms with Crippen LogP contribution in [0.5, 0.6) is 0 Å². The zero-order chi connectivity index (χ0) is 11.2. The fourth-order valence-corrected chi connectivity index (χ4v) is 2.13. The van der Waals surface area contributed by atoms with Crippen molar-refractivity contribution in [2.75, 3.05) is 0 Å². The van der Waals surface area contributed by atoms with Crippen LogP contribution in [0.3, 0.4) is 0 Å². The fourth-order valence-electron chi connectivity index (χ4n) is 1.58. The maximum absolute atomic E-state index is 11.6. The predicted octanol–water partition coefficient (Wildman–Crippen LogP) is 3.35. The number of carbonyl (C=O) groups is 1. The van der Waals surface area contributed by atoms with E-state index < -0.39 is 0 Å². The molecule has 0 N–H and O–H groups in total. The summed E-state index contributed by atoms with van der Waals surface area (Å²) in [6.45, 7) is 0. The highest BCUT2D eigenvalue weighted by Gasteiger charge is 2.06. The summed E-state index contributed by atoms with van der Waals surface area (Å²) >= 11 is 1.47. The highest BCUT2D eigenvalue weighted by molar-refractivity contribution is 7.07. The van der Waals surface area contributed by atoms with Crippen molar-refractivity contribution in [3.63, 3.8) is 0 Å². The Balaban J connectivity index is 1.79. The highest BCUT2D eigenvalue weighted by atomic mass is 32.1. The lowest BCUT2D eigenvalue weighted by Gasteiger charge is -1.99. The second kappa shape index (κ2) is 5.56. The van der Waals surface area contributed by atoms with E-state index in [4.69, 9.17) is 0 Å². The van der Waals surface area contributed by atoms with Crippen LogP contribution in [0, 0.1) is 0 Å². The number of Topliss-reactive ketones (excluding diaryl/α,β-unsaturated/α-hetero) is 1. The highest BCUT2D eigenvalue weighted by Crippen LogP contribution is 2.09. The van der Waals surface area contributed by atoms with Gasteiger partial charge in [0.1, 0.15) is 5.69 Å². The van der Waals surface area contributed by atoms with Crippen LogP contribution in [0.1, 0.15) is 28.9 Å². The number of nitrogens with zero attached hydrogens (tertiary/aromatic N) is 1. The Bertz CT molecular complexity index is 436. The number of rotatable bonds is 5. The zero-order valence-electron chi connectivity index (χ0n) is 8.93. The van der Waals surface area contributed by atoms with Gasteiger partial charge in [-0.25, -0.2) is 4.98 Å². The fraction of sp³-hybridized carbons (Fsp3) is 0.231. The molecule has 0 unspecified atom stereocenters. The van der Waals surface area contributed by atoms with Crippen LogP contribution < -0.4 is 0 Å². The topological polar surface area (TPSA) is 30.0 Å². The van der Waals surface area contributed by atoms with Gasteiger partial charge in [0.25, 0.3) is 0 Å². The summed E-state index contributed by atoms with van der Waals surface area (Å²) in [5, 5.41) is 1.81. The van der Waals surface area contributed by atoms with E-state index in [2.05, 4.69) is 17.1 Å². The second-order valence-electron chi connectivity index (χ2n) is 3.64. The number of ketones is 1. The smallest absolute Gasteiger partial charge is 0.182 e. The van der Waals surface area contributed by atoms with Crippen LogP contribution in [-0.4, -0.2) is 10.8 Å². The van der Waals surface area contributed by atoms with Crippen molar-refractivity contribution in [3.8, 4) is 0 Å². The minimum absolute atomic E-state index is 0.150. The summed E-state index contributed by atoms with van der Waals surface area (Å²) in [6, 6.07) is 10.2. The summed E-state index contributed by atoms with van der Waals surface area (Å²) in [5.74, 6) is 0.150. The van der Waals surface area contributed by atoms with Crippen molar-refractivity contribution in [3.05, 3.63) is 52.5 Å². The first-order valence-electron chi connectivity index (χ1n) is 5.31. The molecule has 1 aromatic carbocycles. The zero-order valence-corrected chi connectivity index (χ0v) is 9.74. The van der Waals surface area contributed by atoms with Gasteiger partial charge in [0, 0.05) is 11.8 Å². The van der Waals surface area contributed by atoms with Crippen molar-refractivity contribution in [1.29, 1.82) is 0 Å². The first-order valence-corrected chi connectivity index (χ1v) is 6.26. The van der Waals surface area contributed by atoms with Gasteiger partial charge in [-0.1, -0.05) is 30.3 Å². The largest absolute Gasteiger partial charge is 0.292 e. The molecule has 1 aromatic heterocycles. The quantitative estimate of drug-likeness (QED) is 0.739. The summed E-state index contributed by atoms with van der Waals surface area (Å²) in [6.07, 6.45) is 2.43. The number of aromatic nitrogens is 1. The molecule has 0 bridgehead atoms. The van der Waals surface area contributed by atoms with Crippen LogP contribution in [0.4, 0.5) is 0 Å². The molecule has 0 saturated carbocycles. The van der Waals surface area contributed by atoms with Crippen molar-refractivity contribution < 1.29 is 4.79 Å². The summed E-state index contributed by atoms with van der Waals surface area (Å²) < 4.78 is 0. The average molecular weight is 231 g/mol. The molecule has 0 spiro atoms. The monoisotopic (exact) mass is 231 g/mol. The third-order valence-corrected chi connectivity index (χ3v) is 3.02. The predicted molar refractivity (Wildman–Crippen MR) is 65.8 cm³/mol. The van der Waals surface area contributed by atoms with E-state index in [1.807, 2.05) is 23.6 Å². The van der Waals surface area contributed by atoms with E-state index >= 15 is 0 Å². The van der Waals surface area contributed by atoms with Gasteiger partial charge >= 0.3 is 0 Å². The van der Waals surface area contributed by atoms with Crippen molar-refractivity contribution in [2.45, 2.75) is 19.3 Å². The van der Waals surface area contributed by atoms with Gasteiger partial charge in [0.2, 0.25) is 0 Å². The molecule has 16 heavy (non-hydrogen) atoms. The van der Waals surface area contributed by atoms with E-state index in [0.717, 1.165) is 12.8 Å². The maximum atomic E-state index is 11.6. The van der Waals surface area contributed by atoms with Crippen LogP contribution in [0.15, 0.2) is 41.2 Å². The van der Waals surface area contributed by atoms with E-state index in [1.54, 1.807) is 5.51 Å². The molecule has 0 aliphatic rings. The number of carbonyl (C=O) groups excluding carboxylic acids is 1. The first kappa shape index (κ1) is 11.0. The van der Waals surface area contributed by atoms with Gasteiger partial charge in [-0.3, -0.25) is 4.79 Å². The first-order chi connectivity index (χ1) is 7.86. The molecule has 3 heteroatoms. The third-order valence-electron chi connectivity index (χ3n) is 2.43. The molecule has 2 rings (SSSR count). The van der Waals surface area contributed by atoms with Gasteiger partial charge in [-0.2, -0.15) is 0 Å². The van der Waals surface area contributed by atoms with Gasteiger partial charge < -0.3 is 0 Å². The van der Waals surface area contributed by atoms with E-state index in [0.29, 0.717) is 12.1 Å². The van der Waals surface area contributed by atoms with Gasteiger partial charge in [-0.05, 0) is 18.4 Å². The van der Waals surface area contributed by atoms with Gasteiger partial charge in [0.05, 0.1) is 5.51 Å². The molecular weight excluding hydrogens is 218 g/mol. The molecule has 0 amide bonds. The van der Waals surface area contributed by atoms with Crippen LogP contribution in [-0.2, 0) is 6.42 Å². The normalized spacial score (nSPS) is 10.2. The molecule has 0 fully saturated rings. The standard InChI is InChI=1S/C13H13NOS/c15-13(12-9-16-10-14-12)8-4-7-11-5-2-1-3-6-11/h1-3,5-6,9-10H,4,7-8H2. The van der Waals surface area contributed by atoms with Gasteiger partial charge in [-0.15, -0.1) is 11.3 Å². The Morgan fingerprint density at radius 3 is 2.75 bits per heavy atom. The average Bonchev–Trinajstić information content (AvgIpc) is 2.84. The van der Waals surface area contributed by atoms with Crippen LogP contribution in [0.25, 0.3) is 0 Å². The Hall–Kier alpha value is -1.48. The molecule has 0 aliphatic heterocycles. The summed E-state index contributed by atoms with van der Waals surface area (Å²) in [7, 11) is 0. The molecule has 2 nitrogen and oxygen atoms in total. The van der Waals surface area contributed by atoms with E-state index in [-0.39, 0.29) is 5.78 Å². The number of aryl methyl sites for hydroxylation is 1. The SMILES string of the molecule is O=C(CCCc1ccccc1)c1cscn1. The van der Waals surface area contributed by atoms with Crippen LogP contribution in [0.2, 0.25) is 0 Å². The number of hydrogen-bond donors (Lipinski definition) is 0. The summed E-state index contributed by atoms with van der Waals surface area (Å²) in [4.78, 5) is 15.7. The second-order valence-corrected chi connectivity index (χ2v) is 4.35. The Morgan fingerprint density at radius 2 is 2.06 bits per heavy atom. The Labute approximate surface area is 99.0 Å². The Morgan fingerprint density at radius 1 is 1.25 bits per heavy atom. The lowest BCUT2D eigenvalue weighted by molar-refractivity contribution is 0.0976. The van der Waals surface area contributed by atoms with Crippen molar-refractivity contribution in [1.82, 2.24) is 4.98 Å². The lowest BCUT2D eigenvalue weighted by atomic mass is 10.1. The third kappa shape index (κ3) is 3.00. The number of hydrogen-bond acceptors (Lipinski definition) is 3. The van der Waals surface area contributed by atoms with E-state index in [9.17, 15) is 4.79 Å². The lowest BCUT2D eigenvalue weighted by Crippen LogP contribution is -1.99. The van der Waals surface area contributed by atoms with Crippen molar-refractivity contribution in [2.24, 2.45) is 0 Å². The molecule has 1 heterocycles. The maximum Gasteiger partial charge on any atom is 0.182 e. The minimum atomic E-state index is 0.150. The minimum Gasteiger partial charge on any atom is -0.292 e. The summed E-state index contributed by atoms with van der Waals surface area (Å²) in [5.41, 5.74) is 3.59. The molecule has 0 atom stereocenters. The molecule has 0 aliphatic carbocycles. The molecule has 0 saturated heterocycles. The number of thiazole rings is 1. The number of benzene rings is 1. The molecule has 82 valence electrons. The molecular formula is C13H13NOS. The van der Waals surface area contributed by atoms with Crippen LogP contribution >= 0.6 is 11.3 Å². The Kier molecular flexibility index (Phi) is 3.83. The molecule has 2 aromatic rings. The van der Waals surface area contributed by atoms with Gasteiger partial charge in [0.15, 0.2) is 5.78 Å².